The van der Waals surface area contributed by atoms with Crippen molar-refractivity contribution in [2.45, 2.75) is 44.2 Å². The number of hydrogen-bond donors (Lipinski definition) is 1. The number of nitrogens with one attached hydrogen (secondary N) is 1. The summed E-state index contributed by atoms with van der Waals surface area (Å²) in [6.07, 6.45) is 1.63. The minimum absolute atomic E-state index is 0.458. The number of rotatable bonds is 3. The van der Waals surface area contributed by atoms with Gasteiger partial charge in [-0.3, -0.25) is 0 Å². The zero-order valence-electron chi connectivity index (χ0n) is 13.4. The van der Waals surface area contributed by atoms with Crippen LogP contribution in [-0.4, -0.2) is 7.85 Å². The van der Waals surface area contributed by atoms with Crippen LogP contribution in [0.1, 0.15) is 49.1 Å². The molecule has 0 unspecified atom stereocenters. The summed E-state index contributed by atoms with van der Waals surface area (Å²) in [4.78, 5) is 0. The molecule has 2 aromatic carbocycles. The van der Waals surface area contributed by atoms with Crippen molar-refractivity contribution in [2.24, 2.45) is 0 Å². The molecule has 0 bridgehead atoms. The molecule has 0 aliphatic heterocycles. The molecule has 0 amide bonds. The lowest BCUT2D eigenvalue weighted by molar-refractivity contribution is -0.137. The van der Waals surface area contributed by atoms with E-state index in [1.54, 1.807) is 0 Å². The van der Waals surface area contributed by atoms with E-state index in [4.69, 9.17) is 7.85 Å². The molecule has 124 valence electrons. The van der Waals surface area contributed by atoms with Gasteiger partial charge in [-0.05, 0) is 54.7 Å². The lowest BCUT2D eigenvalue weighted by Crippen LogP contribution is -2.12. The lowest BCUT2D eigenvalue weighted by atomic mass is 9.81. The van der Waals surface area contributed by atoms with Crippen LogP contribution in [0.3, 0.4) is 0 Å². The van der Waals surface area contributed by atoms with Crippen molar-refractivity contribution in [3.8, 4) is 0 Å². The first kappa shape index (κ1) is 16.9. The highest BCUT2D eigenvalue weighted by Crippen LogP contribution is 2.37. The van der Waals surface area contributed by atoms with E-state index in [2.05, 4.69) is 5.32 Å². The Kier molecular flexibility index (Phi) is 4.88. The topological polar surface area (TPSA) is 12.0 Å². The Bertz CT molecular complexity index is 689. The quantitative estimate of drug-likeness (QED) is 0.755. The van der Waals surface area contributed by atoms with Crippen molar-refractivity contribution in [3.63, 3.8) is 0 Å². The monoisotopic (exact) mass is 329 g/mol. The minimum Gasteiger partial charge on any atom is -0.355 e. The zero-order valence-corrected chi connectivity index (χ0v) is 13.4. The molecule has 1 aliphatic rings. The molecule has 1 saturated carbocycles. The van der Waals surface area contributed by atoms with Crippen molar-refractivity contribution in [3.05, 3.63) is 53.6 Å². The van der Waals surface area contributed by atoms with Crippen LogP contribution in [0.2, 0.25) is 0 Å². The predicted molar refractivity (Wildman–Crippen MR) is 92.4 cm³/mol. The number of halogens is 3. The minimum atomic E-state index is -4.31. The van der Waals surface area contributed by atoms with Gasteiger partial charge in [0, 0.05) is 11.4 Å². The van der Waals surface area contributed by atoms with Gasteiger partial charge >= 0.3 is 6.18 Å². The van der Waals surface area contributed by atoms with E-state index < -0.39 is 11.7 Å². The molecule has 2 radical (unpaired) electrons. The van der Waals surface area contributed by atoms with Gasteiger partial charge in [-0.1, -0.05) is 36.9 Å². The fourth-order valence-corrected chi connectivity index (χ4v) is 3.34. The maximum absolute atomic E-state index is 12.7. The highest BCUT2D eigenvalue weighted by molar-refractivity contribution is 6.32. The van der Waals surface area contributed by atoms with Crippen LogP contribution in [0, 0.1) is 0 Å². The van der Waals surface area contributed by atoms with Crippen molar-refractivity contribution in [1.29, 1.82) is 0 Å². The fraction of sp³-hybridized carbons (Fsp3) is 0.368. The third kappa shape index (κ3) is 3.95. The first-order chi connectivity index (χ1) is 11.4. The molecule has 0 heterocycles. The normalized spacial score (nSPS) is 16.1. The van der Waals surface area contributed by atoms with Gasteiger partial charge in [-0.25, -0.2) is 0 Å². The zero-order chi connectivity index (χ0) is 17.2. The van der Waals surface area contributed by atoms with Gasteiger partial charge in [0.05, 0.1) is 5.56 Å². The van der Waals surface area contributed by atoms with Crippen LogP contribution < -0.4 is 10.8 Å². The molecular weight excluding hydrogens is 310 g/mol. The molecule has 0 aromatic heterocycles. The molecule has 0 spiro atoms. The second-order valence-corrected chi connectivity index (χ2v) is 6.38. The van der Waals surface area contributed by atoms with Crippen LogP contribution >= 0.6 is 0 Å². The van der Waals surface area contributed by atoms with Gasteiger partial charge < -0.3 is 5.32 Å². The van der Waals surface area contributed by atoms with Crippen LogP contribution in [0.4, 0.5) is 24.5 Å². The molecule has 0 atom stereocenters. The van der Waals surface area contributed by atoms with Gasteiger partial charge in [0.15, 0.2) is 0 Å². The molecule has 3 rings (SSSR count). The Balaban J connectivity index is 1.84. The molecule has 1 N–H and O–H groups in total. The van der Waals surface area contributed by atoms with Crippen LogP contribution in [-0.2, 0) is 6.18 Å². The first-order valence-electron chi connectivity index (χ1n) is 8.27. The summed E-state index contributed by atoms with van der Waals surface area (Å²) < 4.78 is 38.0. The summed E-state index contributed by atoms with van der Waals surface area (Å²) in [7, 11) is 5.94. The Morgan fingerprint density at radius 3 is 2.21 bits per heavy atom. The number of hydrogen-bond acceptors (Lipinski definition) is 1. The molecule has 1 fully saturated rings. The van der Waals surface area contributed by atoms with E-state index in [0.29, 0.717) is 17.1 Å². The molecule has 5 heteroatoms. The molecule has 1 nitrogen and oxygen atoms in total. The summed E-state index contributed by atoms with van der Waals surface area (Å²) >= 11 is 0. The summed E-state index contributed by atoms with van der Waals surface area (Å²) in [5.74, 6) is 0.458. The van der Waals surface area contributed by atoms with Gasteiger partial charge in [-0.2, -0.15) is 13.2 Å². The van der Waals surface area contributed by atoms with Crippen LogP contribution in [0.5, 0.6) is 0 Å². The molecule has 2 aromatic rings. The van der Waals surface area contributed by atoms with E-state index >= 15 is 0 Å². The third-order valence-corrected chi connectivity index (χ3v) is 4.61. The summed E-state index contributed by atoms with van der Waals surface area (Å²) in [6, 6.07) is 10.8. The van der Waals surface area contributed by atoms with Crippen molar-refractivity contribution in [2.75, 3.05) is 5.32 Å². The number of alkyl halides is 3. The third-order valence-electron chi connectivity index (χ3n) is 4.61. The standard InChI is InChI=1S/C19H19BF3N/c20-15-8-11-18(17(12-15)13-4-2-1-3-5-13)24-16-9-6-14(7-10-16)19(21,22)23/h6-13,24H,1-5H2. The molecule has 1 aliphatic carbocycles. The van der Waals surface area contributed by atoms with Crippen molar-refractivity contribution < 1.29 is 13.2 Å². The maximum atomic E-state index is 12.7. The predicted octanol–water partition coefficient (Wildman–Crippen LogP) is 5.29. The molecule has 24 heavy (non-hydrogen) atoms. The first-order valence-corrected chi connectivity index (χ1v) is 8.27. The van der Waals surface area contributed by atoms with E-state index in [0.717, 1.165) is 36.2 Å². The van der Waals surface area contributed by atoms with Gasteiger partial charge in [-0.15, -0.1) is 0 Å². The smallest absolute Gasteiger partial charge is 0.355 e. The number of anilines is 2. The lowest BCUT2D eigenvalue weighted by Gasteiger charge is -2.25. The van der Waals surface area contributed by atoms with E-state index in [1.807, 2.05) is 18.2 Å². The van der Waals surface area contributed by atoms with Crippen LogP contribution in [0.15, 0.2) is 42.5 Å². The maximum Gasteiger partial charge on any atom is 0.416 e. The van der Waals surface area contributed by atoms with Gasteiger partial charge in [0.1, 0.15) is 7.85 Å². The van der Waals surface area contributed by atoms with Crippen molar-refractivity contribution >= 4 is 24.7 Å². The Hall–Kier alpha value is -1.91. The average Bonchev–Trinajstić information content (AvgIpc) is 2.57. The molecular formula is C19H19BF3N. The van der Waals surface area contributed by atoms with Crippen LogP contribution in [0.25, 0.3) is 0 Å². The summed E-state index contributed by atoms with van der Waals surface area (Å²) in [6.45, 7) is 0. The SMILES string of the molecule is [B]c1ccc(Nc2ccc(C(F)(F)F)cc2)c(C2CCCCC2)c1. The Morgan fingerprint density at radius 2 is 1.58 bits per heavy atom. The largest absolute Gasteiger partial charge is 0.416 e. The summed E-state index contributed by atoms with van der Waals surface area (Å²) in [5, 5.41) is 3.25. The van der Waals surface area contributed by atoms with E-state index in [-0.39, 0.29) is 0 Å². The summed E-state index contributed by atoms with van der Waals surface area (Å²) in [5.41, 5.74) is 2.81. The van der Waals surface area contributed by atoms with Crippen molar-refractivity contribution in [1.82, 2.24) is 0 Å². The Labute approximate surface area is 141 Å². The van der Waals surface area contributed by atoms with Gasteiger partial charge in [0.25, 0.3) is 0 Å². The molecule has 0 saturated heterocycles. The van der Waals surface area contributed by atoms with E-state index in [9.17, 15) is 13.2 Å². The average molecular weight is 329 g/mol. The highest BCUT2D eigenvalue weighted by atomic mass is 19.4. The number of benzene rings is 2. The second-order valence-electron chi connectivity index (χ2n) is 6.38. The second kappa shape index (κ2) is 6.92. The van der Waals surface area contributed by atoms with Gasteiger partial charge in [0.2, 0.25) is 0 Å². The highest BCUT2D eigenvalue weighted by Gasteiger charge is 2.30. The van der Waals surface area contributed by atoms with E-state index in [1.165, 1.54) is 31.4 Å². The Morgan fingerprint density at radius 1 is 0.917 bits per heavy atom. The fourth-order valence-electron chi connectivity index (χ4n) is 3.34.